The maximum absolute atomic E-state index is 13.1. The number of benzene rings is 1. The second-order valence-corrected chi connectivity index (χ2v) is 10.3. The first kappa shape index (κ1) is 27.5. The summed E-state index contributed by atoms with van der Waals surface area (Å²) in [5.74, 6) is -3.84. The number of nitrogens with one attached hydrogen (secondary N) is 1. The molecule has 2 aromatic rings. The number of phenolic OH excluding ortho intramolecular Hbond substituents is 1. The maximum Gasteiger partial charge on any atom is 0.352 e. The number of nitrogen functional groups attached to an aromatic ring is 1. The number of carboxylic acids is 1. The van der Waals surface area contributed by atoms with Gasteiger partial charge >= 0.3 is 11.9 Å². The number of oxime groups is 1. The smallest absolute Gasteiger partial charge is 0.352 e. The molecule has 41 heavy (non-hydrogen) atoms. The van der Waals surface area contributed by atoms with E-state index in [1.165, 1.54) is 28.5 Å². The quantitative estimate of drug-likeness (QED) is 0.120. The van der Waals surface area contributed by atoms with Gasteiger partial charge in [-0.1, -0.05) is 5.16 Å². The summed E-state index contributed by atoms with van der Waals surface area (Å²) in [4.78, 5) is 74.0. The molecular weight excluding hydrogens is 556 g/mol. The second kappa shape index (κ2) is 10.8. The molecule has 2 saturated heterocycles. The molecule has 3 aliphatic rings. The minimum absolute atomic E-state index is 0.0427. The van der Waals surface area contributed by atoms with Crippen LogP contribution in [0.15, 0.2) is 57.7 Å². The van der Waals surface area contributed by atoms with Crippen LogP contribution in [0.4, 0.5) is 10.8 Å². The van der Waals surface area contributed by atoms with Crippen molar-refractivity contribution in [2.24, 2.45) is 5.16 Å². The molecule has 212 valence electrons. The molecule has 2 atom stereocenters. The molecule has 0 spiro atoms. The van der Waals surface area contributed by atoms with Gasteiger partial charge in [-0.25, -0.2) is 14.6 Å². The average molecular weight is 581 g/mol. The number of amides is 3. The zero-order valence-corrected chi connectivity index (χ0v) is 22.4. The minimum Gasteiger partial charge on any atom is -0.508 e. The monoisotopic (exact) mass is 580 g/mol. The first-order chi connectivity index (χ1) is 19.5. The summed E-state index contributed by atoms with van der Waals surface area (Å²) in [5.41, 5.74) is 6.40. The molecule has 0 bridgehead atoms. The Kier molecular flexibility index (Phi) is 7.28. The number of β-lactam (4-membered cyclic amide) rings is 1. The van der Waals surface area contributed by atoms with Crippen molar-refractivity contribution in [2.75, 3.05) is 17.2 Å². The van der Waals surface area contributed by atoms with Crippen LogP contribution in [0.2, 0.25) is 0 Å². The molecule has 1 aromatic carbocycles. The summed E-state index contributed by atoms with van der Waals surface area (Å²) < 4.78 is 0. The third-order valence-corrected chi connectivity index (χ3v) is 7.52. The summed E-state index contributed by atoms with van der Waals surface area (Å²) in [6.07, 6.45) is 2.47. The number of anilines is 2. The number of aromatic nitrogens is 1. The number of rotatable bonds is 7. The number of carbonyl (C=O) groups excluding carboxylic acids is 4. The molecule has 0 unspecified atom stereocenters. The molecule has 4 heterocycles. The highest BCUT2D eigenvalue weighted by Gasteiger charge is 2.53. The van der Waals surface area contributed by atoms with Gasteiger partial charge in [0.2, 0.25) is 0 Å². The van der Waals surface area contributed by atoms with Gasteiger partial charge in [0.1, 0.15) is 23.2 Å². The van der Waals surface area contributed by atoms with Gasteiger partial charge in [0.15, 0.2) is 10.8 Å². The molecule has 0 saturated carbocycles. The highest BCUT2D eigenvalue weighted by molar-refractivity contribution is 7.13. The Morgan fingerprint density at radius 2 is 1.95 bits per heavy atom. The standard InChI is InChI=1S/C26H24N6O8S/c1-12(33)40-30-19(17-11-41-26(27)28-17)22(35)29-20-18-7-2-13(21(25(38)39)32(18)24(20)37)10-14-8-9-31(23(14)36)15-3-5-16(34)6-4-15/h3-6,10-11,18,20,34H,2,7-9H2,1H3,(H2,27,28)(H,29,35)(H,38,39)/b14-10+,30-19-/t18-,20+/m1/s1. The third-order valence-electron chi connectivity index (χ3n) is 6.84. The normalized spacial score (nSPS) is 21.6. The van der Waals surface area contributed by atoms with Crippen LogP contribution in [-0.2, 0) is 28.8 Å². The van der Waals surface area contributed by atoms with Crippen LogP contribution in [-0.4, -0.2) is 74.1 Å². The summed E-state index contributed by atoms with van der Waals surface area (Å²) >= 11 is 1.03. The van der Waals surface area contributed by atoms with Gasteiger partial charge in [-0.2, -0.15) is 0 Å². The van der Waals surface area contributed by atoms with E-state index in [-0.39, 0.29) is 40.3 Å². The Bertz CT molecular complexity index is 1560. The van der Waals surface area contributed by atoms with Gasteiger partial charge in [0, 0.05) is 30.1 Å². The molecule has 14 nitrogen and oxygen atoms in total. The lowest BCUT2D eigenvalue weighted by Gasteiger charge is -2.50. The topological polar surface area (TPSA) is 205 Å². The van der Waals surface area contributed by atoms with E-state index in [4.69, 9.17) is 5.73 Å². The molecule has 3 amide bonds. The van der Waals surface area contributed by atoms with Crippen LogP contribution in [0.25, 0.3) is 0 Å². The number of hydrogen-bond donors (Lipinski definition) is 4. The van der Waals surface area contributed by atoms with Crippen molar-refractivity contribution >= 4 is 57.5 Å². The van der Waals surface area contributed by atoms with E-state index >= 15 is 0 Å². The van der Waals surface area contributed by atoms with E-state index in [1.807, 2.05) is 0 Å². The Hall–Kier alpha value is -5.05. The number of carbonyl (C=O) groups is 5. The number of aliphatic carboxylic acids is 1. The third kappa shape index (κ3) is 5.26. The van der Waals surface area contributed by atoms with E-state index in [9.17, 15) is 34.2 Å². The van der Waals surface area contributed by atoms with Crippen LogP contribution in [0.3, 0.4) is 0 Å². The number of carboxylic acid groups (broad SMARTS) is 1. The number of hydrogen-bond acceptors (Lipinski definition) is 11. The summed E-state index contributed by atoms with van der Waals surface area (Å²) in [7, 11) is 0. The number of nitrogens with two attached hydrogens (primary N) is 1. The van der Waals surface area contributed by atoms with E-state index in [1.54, 1.807) is 12.1 Å². The summed E-state index contributed by atoms with van der Waals surface area (Å²) in [6, 6.07) is 4.47. The fourth-order valence-electron chi connectivity index (χ4n) is 4.99. The number of allylic oxidation sites excluding steroid dienone is 2. The van der Waals surface area contributed by atoms with E-state index in [0.717, 1.165) is 23.2 Å². The van der Waals surface area contributed by atoms with E-state index < -0.39 is 35.8 Å². The van der Waals surface area contributed by atoms with Crippen LogP contribution < -0.4 is 16.0 Å². The lowest BCUT2D eigenvalue weighted by Crippen LogP contribution is -2.72. The number of thiazole rings is 1. The molecule has 0 aliphatic carbocycles. The van der Waals surface area contributed by atoms with Crippen molar-refractivity contribution in [3.05, 3.63) is 58.3 Å². The van der Waals surface area contributed by atoms with Crippen molar-refractivity contribution < 1.29 is 39.0 Å². The van der Waals surface area contributed by atoms with Gasteiger partial charge in [-0.15, -0.1) is 11.3 Å². The summed E-state index contributed by atoms with van der Waals surface area (Å²) in [5, 5.41) is 27.2. The van der Waals surface area contributed by atoms with Crippen LogP contribution in [0, 0.1) is 0 Å². The van der Waals surface area contributed by atoms with Gasteiger partial charge in [0.05, 0.1) is 6.04 Å². The largest absolute Gasteiger partial charge is 0.508 e. The van der Waals surface area contributed by atoms with Gasteiger partial charge < -0.3 is 31.0 Å². The van der Waals surface area contributed by atoms with Crippen LogP contribution >= 0.6 is 11.3 Å². The predicted octanol–water partition coefficient (Wildman–Crippen LogP) is 0.890. The van der Waals surface area contributed by atoms with E-state index in [2.05, 4.69) is 20.3 Å². The highest BCUT2D eigenvalue weighted by Crippen LogP contribution is 2.38. The fourth-order valence-corrected chi connectivity index (χ4v) is 5.54. The van der Waals surface area contributed by atoms with Crippen molar-refractivity contribution in [2.45, 2.75) is 38.3 Å². The Morgan fingerprint density at radius 3 is 2.59 bits per heavy atom. The Labute approximate surface area is 236 Å². The SMILES string of the molecule is CC(=O)O/N=C(\C(=O)N[C@@H]1C(=O)N2C(C(=O)O)=C(/C=C3\CCN(c4ccc(O)cc4)C3=O)CC[C@H]12)c1csc(N)n1. The van der Waals surface area contributed by atoms with Gasteiger partial charge in [-0.3, -0.25) is 19.3 Å². The lowest BCUT2D eigenvalue weighted by molar-refractivity contribution is -0.155. The van der Waals surface area contributed by atoms with Crippen molar-refractivity contribution in [3.8, 4) is 5.75 Å². The minimum atomic E-state index is -1.34. The molecule has 2 fully saturated rings. The fraction of sp³-hybridized carbons (Fsp3) is 0.269. The highest BCUT2D eigenvalue weighted by atomic mass is 32.1. The zero-order valence-electron chi connectivity index (χ0n) is 21.6. The van der Waals surface area contributed by atoms with Crippen molar-refractivity contribution in [1.29, 1.82) is 0 Å². The van der Waals surface area contributed by atoms with Crippen LogP contribution in [0.1, 0.15) is 31.9 Å². The number of aromatic hydroxyl groups is 1. The average Bonchev–Trinajstić information content (AvgIpc) is 3.52. The molecular formula is C26H24N6O8S. The lowest BCUT2D eigenvalue weighted by atomic mass is 9.82. The maximum atomic E-state index is 13.1. The van der Waals surface area contributed by atoms with Crippen molar-refractivity contribution in [1.82, 2.24) is 15.2 Å². The first-order valence-electron chi connectivity index (χ1n) is 12.4. The molecule has 5 N–H and O–H groups in total. The molecule has 0 radical (unpaired) electrons. The van der Waals surface area contributed by atoms with Crippen molar-refractivity contribution in [3.63, 3.8) is 0 Å². The van der Waals surface area contributed by atoms with Gasteiger partial charge in [0.25, 0.3) is 17.7 Å². The second-order valence-electron chi connectivity index (χ2n) is 9.43. The van der Waals surface area contributed by atoms with Gasteiger partial charge in [-0.05, 0) is 55.2 Å². The number of phenols is 1. The number of fused-ring (bicyclic) bond motifs is 1. The molecule has 3 aliphatic heterocycles. The molecule has 5 rings (SSSR count). The predicted molar refractivity (Wildman–Crippen MR) is 144 cm³/mol. The molecule has 15 heteroatoms. The Morgan fingerprint density at radius 1 is 1.22 bits per heavy atom. The first-order valence-corrected chi connectivity index (χ1v) is 13.3. The van der Waals surface area contributed by atoms with Crippen LogP contribution in [0.5, 0.6) is 5.75 Å². The summed E-state index contributed by atoms with van der Waals surface area (Å²) in [6.45, 7) is 1.48. The Balaban J connectivity index is 1.35. The van der Waals surface area contributed by atoms with E-state index in [0.29, 0.717) is 36.2 Å². The zero-order chi connectivity index (χ0) is 29.4. The number of nitrogens with zero attached hydrogens (tertiary/aromatic N) is 4. The molecule has 1 aromatic heterocycles.